The average Bonchev–Trinajstić information content (AvgIpc) is 2.41. The molecule has 2 rings (SSSR count). The quantitative estimate of drug-likeness (QED) is 0.792. The van der Waals surface area contributed by atoms with Crippen LogP contribution in [0.5, 0.6) is 5.75 Å². The first-order valence-corrected chi connectivity index (χ1v) is 7.24. The van der Waals surface area contributed by atoms with Gasteiger partial charge in [-0.3, -0.25) is 4.79 Å². The maximum atomic E-state index is 12.2. The Kier molecular flexibility index (Phi) is 4.82. The number of halogens is 2. The number of methoxy groups -OCH3 is 1. The Morgan fingerprint density at radius 3 is 2.75 bits per heavy atom. The fraction of sp³-hybridized carbons (Fsp3) is 0.143. The molecule has 1 N–H and O–H groups in total. The van der Waals surface area contributed by atoms with Gasteiger partial charge in [0.1, 0.15) is 11.6 Å². The van der Waals surface area contributed by atoms with Crippen LogP contribution in [0.2, 0.25) is 5.02 Å². The summed E-state index contributed by atoms with van der Waals surface area (Å²) in [5.41, 5.74) is 1.36. The van der Waals surface area contributed by atoms with Crippen molar-refractivity contribution in [3.63, 3.8) is 0 Å². The summed E-state index contributed by atoms with van der Waals surface area (Å²) in [6.45, 7) is 1.89. The molecule has 0 saturated carbocycles. The first kappa shape index (κ1) is 15.1. The van der Waals surface area contributed by atoms with E-state index in [-0.39, 0.29) is 5.91 Å². The van der Waals surface area contributed by atoms with E-state index in [1.54, 1.807) is 24.4 Å². The van der Waals surface area contributed by atoms with Crippen molar-refractivity contribution in [3.8, 4) is 5.75 Å². The molecule has 1 aromatic carbocycles. The molecular formula is C14H12ClIN2O2. The molecule has 104 valence electrons. The van der Waals surface area contributed by atoms with Crippen LogP contribution in [0.1, 0.15) is 15.9 Å². The largest absolute Gasteiger partial charge is 0.495 e. The SMILES string of the molecule is COc1ccc(C(=O)Nc2ncc(I)cc2C)cc1Cl. The Hall–Kier alpha value is -1.34. The van der Waals surface area contributed by atoms with Crippen LogP contribution in [0.15, 0.2) is 30.5 Å². The highest BCUT2D eigenvalue weighted by Crippen LogP contribution is 2.25. The summed E-state index contributed by atoms with van der Waals surface area (Å²) >= 11 is 8.18. The fourth-order valence-corrected chi connectivity index (χ4v) is 2.52. The van der Waals surface area contributed by atoms with Crippen LogP contribution >= 0.6 is 34.2 Å². The second-order valence-electron chi connectivity index (χ2n) is 4.12. The monoisotopic (exact) mass is 402 g/mol. The van der Waals surface area contributed by atoms with Gasteiger partial charge in [-0.05, 0) is 59.3 Å². The van der Waals surface area contributed by atoms with Gasteiger partial charge in [-0.15, -0.1) is 0 Å². The lowest BCUT2D eigenvalue weighted by atomic mass is 10.2. The summed E-state index contributed by atoms with van der Waals surface area (Å²) in [4.78, 5) is 16.4. The van der Waals surface area contributed by atoms with E-state index in [0.717, 1.165) is 9.13 Å². The summed E-state index contributed by atoms with van der Waals surface area (Å²) in [6.07, 6.45) is 1.70. The van der Waals surface area contributed by atoms with Gasteiger partial charge in [-0.25, -0.2) is 4.98 Å². The molecule has 1 heterocycles. The van der Waals surface area contributed by atoms with Gasteiger partial charge in [-0.2, -0.15) is 0 Å². The number of hydrogen-bond acceptors (Lipinski definition) is 3. The molecule has 0 radical (unpaired) electrons. The predicted octanol–water partition coefficient (Wildman–Crippen LogP) is 3.91. The highest BCUT2D eigenvalue weighted by molar-refractivity contribution is 14.1. The summed E-state index contributed by atoms with van der Waals surface area (Å²) in [5, 5.41) is 3.16. The highest BCUT2D eigenvalue weighted by Gasteiger charge is 2.11. The van der Waals surface area contributed by atoms with E-state index in [2.05, 4.69) is 32.9 Å². The van der Waals surface area contributed by atoms with Gasteiger partial charge in [0, 0.05) is 15.3 Å². The van der Waals surface area contributed by atoms with Crippen molar-refractivity contribution in [1.29, 1.82) is 0 Å². The number of pyridine rings is 1. The standard InChI is InChI=1S/C14H12ClIN2O2/c1-8-5-10(16)7-17-13(8)18-14(19)9-3-4-12(20-2)11(15)6-9/h3-7H,1-2H3,(H,17,18,19). The lowest BCUT2D eigenvalue weighted by molar-refractivity contribution is 0.102. The van der Waals surface area contributed by atoms with Crippen molar-refractivity contribution in [1.82, 2.24) is 4.98 Å². The van der Waals surface area contributed by atoms with Gasteiger partial charge in [-0.1, -0.05) is 11.6 Å². The van der Waals surface area contributed by atoms with Gasteiger partial charge < -0.3 is 10.1 Å². The van der Waals surface area contributed by atoms with Gasteiger partial charge in [0.2, 0.25) is 0 Å². The van der Waals surface area contributed by atoms with E-state index in [0.29, 0.717) is 22.2 Å². The molecule has 0 unspecified atom stereocenters. The van der Waals surface area contributed by atoms with Crippen LogP contribution in [-0.2, 0) is 0 Å². The summed E-state index contributed by atoms with van der Waals surface area (Å²) in [5.74, 6) is 0.820. The zero-order chi connectivity index (χ0) is 14.7. The number of amides is 1. The second-order valence-corrected chi connectivity index (χ2v) is 5.78. The molecule has 0 aliphatic rings. The first-order valence-electron chi connectivity index (χ1n) is 5.78. The molecule has 20 heavy (non-hydrogen) atoms. The number of aromatic nitrogens is 1. The van der Waals surface area contributed by atoms with E-state index >= 15 is 0 Å². The lowest BCUT2D eigenvalue weighted by Crippen LogP contribution is -2.14. The van der Waals surface area contributed by atoms with Gasteiger partial charge in [0.25, 0.3) is 5.91 Å². The zero-order valence-corrected chi connectivity index (χ0v) is 13.8. The summed E-state index contributed by atoms with van der Waals surface area (Å²) in [6, 6.07) is 6.83. The summed E-state index contributed by atoms with van der Waals surface area (Å²) < 4.78 is 6.07. The molecule has 0 bridgehead atoms. The zero-order valence-electron chi connectivity index (χ0n) is 10.9. The molecular weight excluding hydrogens is 391 g/mol. The Labute approximate surface area is 135 Å². The molecule has 2 aromatic rings. The third kappa shape index (κ3) is 3.40. The Morgan fingerprint density at radius 2 is 2.15 bits per heavy atom. The van der Waals surface area contributed by atoms with Crippen LogP contribution < -0.4 is 10.1 Å². The molecule has 1 amide bonds. The van der Waals surface area contributed by atoms with Gasteiger partial charge in [0.15, 0.2) is 0 Å². The highest BCUT2D eigenvalue weighted by atomic mass is 127. The molecule has 6 heteroatoms. The number of ether oxygens (including phenoxy) is 1. The molecule has 0 atom stereocenters. The first-order chi connectivity index (χ1) is 9.51. The van der Waals surface area contributed by atoms with Crippen molar-refractivity contribution >= 4 is 45.9 Å². The third-order valence-electron chi connectivity index (χ3n) is 2.69. The molecule has 0 fully saturated rings. The average molecular weight is 403 g/mol. The van der Waals surface area contributed by atoms with E-state index in [1.165, 1.54) is 7.11 Å². The molecule has 0 aliphatic heterocycles. The lowest BCUT2D eigenvalue weighted by Gasteiger charge is -2.09. The van der Waals surface area contributed by atoms with Crippen LogP contribution in [0.4, 0.5) is 5.82 Å². The minimum atomic E-state index is -0.258. The van der Waals surface area contributed by atoms with Crippen molar-refractivity contribution in [3.05, 3.63) is 50.2 Å². The molecule has 0 spiro atoms. The van der Waals surface area contributed by atoms with E-state index in [4.69, 9.17) is 16.3 Å². The minimum absolute atomic E-state index is 0.258. The number of nitrogens with zero attached hydrogens (tertiary/aromatic N) is 1. The maximum absolute atomic E-state index is 12.2. The van der Waals surface area contributed by atoms with E-state index < -0.39 is 0 Å². The number of carbonyl (C=O) groups excluding carboxylic acids is 1. The third-order valence-corrected chi connectivity index (χ3v) is 3.58. The molecule has 0 saturated heterocycles. The fourth-order valence-electron chi connectivity index (χ4n) is 1.66. The molecule has 4 nitrogen and oxygen atoms in total. The van der Waals surface area contributed by atoms with Crippen molar-refractivity contribution in [2.75, 3.05) is 12.4 Å². The van der Waals surface area contributed by atoms with Crippen molar-refractivity contribution in [2.45, 2.75) is 6.92 Å². The minimum Gasteiger partial charge on any atom is -0.495 e. The number of rotatable bonds is 3. The van der Waals surface area contributed by atoms with Crippen LogP contribution in [0.3, 0.4) is 0 Å². The van der Waals surface area contributed by atoms with Crippen molar-refractivity contribution in [2.24, 2.45) is 0 Å². The number of benzene rings is 1. The maximum Gasteiger partial charge on any atom is 0.256 e. The normalized spacial score (nSPS) is 10.2. The number of anilines is 1. The summed E-state index contributed by atoms with van der Waals surface area (Å²) in [7, 11) is 1.53. The van der Waals surface area contributed by atoms with Gasteiger partial charge >= 0.3 is 0 Å². The van der Waals surface area contributed by atoms with E-state index in [1.807, 2.05) is 13.0 Å². The van der Waals surface area contributed by atoms with Crippen molar-refractivity contribution < 1.29 is 9.53 Å². The number of nitrogens with one attached hydrogen (secondary N) is 1. The van der Waals surface area contributed by atoms with E-state index in [9.17, 15) is 4.79 Å². The number of carbonyl (C=O) groups is 1. The van der Waals surface area contributed by atoms with Crippen LogP contribution in [0.25, 0.3) is 0 Å². The predicted molar refractivity (Wildman–Crippen MR) is 87.6 cm³/mol. The Balaban J connectivity index is 2.21. The Bertz CT molecular complexity index is 662. The Morgan fingerprint density at radius 1 is 1.40 bits per heavy atom. The smallest absolute Gasteiger partial charge is 0.256 e. The van der Waals surface area contributed by atoms with Gasteiger partial charge in [0.05, 0.1) is 12.1 Å². The molecule has 1 aromatic heterocycles. The number of hydrogen-bond donors (Lipinski definition) is 1. The molecule has 0 aliphatic carbocycles. The number of aryl methyl sites for hydroxylation is 1. The van der Waals surface area contributed by atoms with Crippen LogP contribution in [0, 0.1) is 10.5 Å². The second kappa shape index (κ2) is 6.41. The van der Waals surface area contributed by atoms with Crippen LogP contribution in [-0.4, -0.2) is 18.0 Å². The topological polar surface area (TPSA) is 51.2 Å².